The summed E-state index contributed by atoms with van der Waals surface area (Å²) in [6, 6.07) is 4.16. The third-order valence-corrected chi connectivity index (χ3v) is 2.45. The van der Waals surface area contributed by atoms with E-state index in [4.69, 9.17) is 4.74 Å². The van der Waals surface area contributed by atoms with Crippen LogP contribution in [0.15, 0.2) is 29.1 Å². The largest absolute Gasteiger partial charge is 0.444 e. The number of nitro groups is 1. The van der Waals surface area contributed by atoms with E-state index < -0.39 is 16.6 Å². The first-order valence-electron chi connectivity index (χ1n) is 6.31. The van der Waals surface area contributed by atoms with Gasteiger partial charge in [0.05, 0.1) is 4.92 Å². The van der Waals surface area contributed by atoms with Gasteiger partial charge in [-0.15, -0.1) is 0 Å². The molecule has 0 atom stereocenters. The zero-order valence-corrected chi connectivity index (χ0v) is 12.2. The van der Waals surface area contributed by atoms with Crippen LogP contribution in [-0.4, -0.2) is 26.8 Å². The topological polar surface area (TPSA) is 120 Å². The number of anilines is 1. The van der Waals surface area contributed by atoms with Crippen LogP contribution in [0.5, 0.6) is 0 Å². The molecule has 0 bridgehead atoms. The fourth-order valence-corrected chi connectivity index (χ4v) is 1.64. The van der Waals surface area contributed by atoms with Crippen LogP contribution in [0.25, 0.3) is 11.4 Å². The number of hydrogen-bond acceptors (Lipinski definition) is 7. The number of carbonyl (C=O) groups excluding carboxylic acids is 1. The van der Waals surface area contributed by atoms with Gasteiger partial charge in [-0.3, -0.25) is 15.4 Å². The Hall–Kier alpha value is -2.97. The summed E-state index contributed by atoms with van der Waals surface area (Å²) in [5.41, 5.74) is -0.585. The molecule has 9 nitrogen and oxygen atoms in total. The molecule has 0 fully saturated rings. The van der Waals surface area contributed by atoms with Gasteiger partial charge in [0.25, 0.3) is 5.69 Å². The first kappa shape index (κ1) is 15.4. The lowest BCUT2D eigenvalue weighted by Crippen LogP contribution is -2.27. The van der Waals surface area contributed by atoms with Crippen LogP contribution in [-0.2, 0) is 4.74 Å². The van der Waals surface area contributed by atoms with Crippen molar-refractivity contribution in [3.8, 4) is 11.4 Å². The summed E-state index contributed by atoms with van der Waals surface area (Å²) in [7, 11) is 0. The van der Waals surface area contributed by atoms with Crippen molar-refractivity contribution in [1.29, 1.82) is 0 Å². The summed E-state index contributed by atoms with van der Waals surface area (Å²) in [4.78, 5) is 26.1. The number of hydrogen-bond donors (Lipinski definition) is 1. The van der Waals surface area contributed by atoms with Crippen molar-refractivity contribution in [2.75, 3.05) is 5.32 Å². The lowest BCUT2D eigenvalue weighted by atomic mass is 10.1. The lowest BCUT2D eigenvalue weighted by molar-refractivity contribution is -0.383. The van der Waals surface area contributed by atoms with E-state index >= 15 is 0 Å². The molecule has 1 heterocycles. The van der Waals surface area contributed by atoms with E-state index in [1.165, 1.54) is 18.2 Å². The summed E-state index contributed by atoms with van der Waals surface area (Å²) in [6.07, 6.45) is 0.344. The molecule has 1 aromatic heterocycles. The van der Waals surface area contributed by atoms with Gasteiger partial charge < -0.3 is 9.26 Å². The molecule has 0 saturated carbocycles. The SMILES string of the molecule is CC(C)(C)OC(=O)Nc1ccc(-c2ncon2)cc1[N+](=O)[O-]. The van der Waals surface area contributed by atoms with Crippen LogP contribution in [0, 0.1) is 10.1 Å². The van der Waals surface area contributed by atoms with Crippen molar-refractivity contribution < 1.29 is 19.0 Å². The second kappa shape index (κ2) is 5.80. The van der Waals surface area contributed by atoms with Gasteiger partial charge in [0.1, 0.15) is 11.3 Å². The molecule has 1 amide bonds. The summed E-state index contributed by atoms with van der Waals surface area (Å²) in [5, 5.41) is 17.1. The van der Waals surface area contributed by atoms with Gasteiger partial charge in [-0.05, 0) is 32.9 Å². The third kappa shape index (κ3) is 3.78. The molecule has 9 heteroatoms. The summed E-state index contributed by atoms with van der Waals surface area (Å²) >= 11 is 0. The van der Waals surface area contributed by atoms with E-state index in [-0.39, 0.29) is 17.2 Å². The zero-order valence-electron chi connectivity index (χ0n) is 12.2. The number of benzene rings is 1. The predicted molar refractivity (Wildman–Crippen MR) is 76.2 cm³/mol. The first-order chi connectivity index (χ1) is 10.3. The maximum absolute atomic E-state index is 11.7. The summed E-state index contributed by atoms with van der Waals surface area (Å²) in [5.74, 6) is 0.215. The van der Waals surface area contributed by atoms with E-state index in [0.29, 0.717) is 5.56 Å². The highest BCUT2D eigenvalue weighted by Crippen LogP contribution is 2.29. The van der Waals surface area contributed by atoms with Gasteiger partial charge in [-0.25, -0.2) is 4.79 Å². The standard InChI is InChI=1S/C13H14N4O5/c1-13(2,3)22-12(18)15-9-5-4-8(6-10(9)17(19)20)11-14-7-21-16-11/h4-7H,1-3H3,(H,15,18). The molecule has 116 valence electrons. The smallest absolute Gasteiger partial charge is 0.412 e. The lowest BCUT2D eigenvalue weighted by Gasteiger charge is -2.19. The first-order valence-corrected chi connectivity index (χ1v) is 6.31. The monoisotopic (exact) mass is 306 g/mol. The molecule has 0 spiro atoms. The second-order valence-corrected chi connectivity index (χ2v) is 5.37. The normalized spacial score (nSPS) is 11.0. The number of nitrogens with one attached hydrogen (secondary N) is 1. The molecule has 0 aliphatic rings. The van der Waals surface area contributed by atoms with Crippen molar-refractivity contribution in [3.63, 3.8) is 0 Å². The van der Waals surface area contributed by atoms with Crippen molar-refractivity contribution in [1.82, 2.24) is 10.1 Å². The number of aromatic nitrogens is 2. The number of ether oxygens (including phenoxy) is 1. The molecule has 0 unspecified atom stereocenters. The fraction of sp³-hybridized carbons (Fsp3) is 0.308. The minimum atomic E-state index is -0.775. The van der Waals surface area contributed by atoms with E-state index in [1.807, 2.05) is 0 Å². The van der Waals surface area contributed by atoms with E-state index in [1.54, 1.807) is 20.8 Å². The Balaban J connectivity index is 2.28. The maximum Gasteiger partial charge on any atom is 0.412 e. The highest BCUT2D eigenvalue weighted by Gasteiger charge is 2.21. The highest BCUT2D eigenvalue weighted by atomic mass is 16.6. The van der Waals surface area contributed by atoms with Crippen LogP contribution in [0.2, 0.25) is 0 Å². The third-order valence-electron chi connectivity index (χ3n) is 2.45. The average Bonchev–Trinajstić information content (AvgIpc) is 2.90. The van der Waals surface area contributed by atoms with E-state index in [0.717, 1.165) is 6.39 Å². The van der Waals surface area contributed by atoms with Crippen LogP contribution in [0.4, 0.5) is 16.2 Å². The van der Waals surface area contributed by atoms with Gasteiger partial charge in [0, 0.05) is 11.6 Å². The van der Waals surface area contributed by atoms with Crippen molar-refractivity contribution >= 4 is 17.5 Å². The minimum absolute atomic E-state index is 0.0199. The molecule has 0 aliphatic heterocycles. The Bertz CT molecular complexity index is 691. The highest BCUT2D eigenvalue weighted by molar-refractivity contribution is 5.89. The summed E-state index contributed by atoms with van der Waals surface area (Å²) < 4.78 is 9.66. The Labute approximate surface area is 125 Å². The van der Waals surface area contributed by atoms with Crippen molar-refractivity contribution in [2.24, 2.45) is 0 Å². The molecule has 2 rings (SSSR count). The molecule has 22 heavy (non-hydrogen) atoms. The molecular weight excluding hydrogens is 292 g/mol. The number of carbonyl (C=O) groups is 1. The minimum Gasteiger partial charge on any atom is -0.444 e. The number of nitro benzene ring substituents is 1. The zero-order chi connectivity index (χ0) is 16.3. The van der Waals surface area contributed by atoms with Crippen molar-refractivity contribution in [3.05, 3.63) is 34.7 Å². The van der Waals surface area contributed by atoms with Gasteiger partial charge in [-0.1, -0.05) is 5.16 Å². The van der Waals surface area contributed by atoms with Gasteiger partial charge >= 0.3 is 6.09 Å². The fourth-order valence-electron chi connectivity index (χ4n) is 1.64. The maximum atomic E-state index is 11.7. The molecule has 1 N–H and O–H groups in total. The molecule has 0 aliphatic carbocycles. The van der Waals surface area contributed by atoms with Crippen LogP contribution in [0.3, 0.4) is 0 Å². The Morgan fingerprint density at radius 3 is 2.68 bits per heavy atom. The van der Waals surface area contributed by atoms with Gasteiger partial charge in [0.15, 0.2) is 0 Å². The molecule has 2 aromatic rings. The Morgan fingerprint density at radius 2 is 2.14 bits per heavy atom. The predicted octanol–water partition coefficient (Wildman–Crippen LogP) is 2.99. The van der Waals surface area contributed by atoms with Gasteiger partial charge in [0.2, 0.25) is 12.2 Å². The average molecular weight is 306 g/mol. The number of nitrogens with zero attached hydrogens (tertiary/aromatic N) is 3. The van der Waals surface area contributed by atoms with Crippen LogP contribution < -0.4 is 5.32 Å². The van der Waals surface area contributed by atoms with Crippen LogP contribution in [0.1, 0.15) is 20.8 Å². The van der Waals surface area contributed by atoms with Crippen LogP contribution >= 0.6 is 0 Å². The number of rotatable bonds is 3. The van der Waals surface area contributed by atoms with Gasteiger partial charge in [-0.2, -0.15) is 4.98 Å². The Kier molecular flexibility index (Phi) is 4.06. The van der Waals surface area contributed by atoms with Crippen molar-refractivity contribution in [2.45, 2.75) is 26.4 Å². The molecular formula is C13H14N4O5. The summed E-state index contributed by atoms with van der Waals surface area (Å²) in [6.45, 7) is 5.08. The molecule has 1 aromatic carbocycles. The quantitative estimate of drug-likeness (QED) is 0.683. The number of amides is 1. The molecule has 0 saturated heterocycles. The Morgan fingerprint density at radius 1 is 1.41 bits per heavy atom. The molecule has 0 radical (unpaired) electrons. The van der Waals surface area contributed by atoms with E-state index in [2.05, 4.69) is 20.0 Å². The van der Waals surface area contributed by atoms with E-state index in [9.17, 15) is 14.9 Å². The second-order valence-electron chi connectivity index (χ2n) is 5.37.